The Morgan fingerprint density at radius 2 is 2.23 bits per heavy atom. The molecular weight excluding hydrogens is 158 g/mol. The molecule has 1 aliphatic carbocycles. The Hall–Kier alpha value is -0.560. The molecule has 74 valence electrons. The third kappa shape index (κ3) is 4.89. The fraction of sp³-hybridized carbons (Fsp3) is 0.667. The smallest absolute Gasteiger partial charge is 0.0224 e. The minimum atomic E-state index is 1.01. The normalized spacial score (nSPS) is 17.2. The molecule has 0 aromatic rings. The monoisotopic (exact) mass is 179 g/mol. The molecule has 0 aromatic carbocycles. The van der Waals surface area contributed by atoms with Crippen molar-refractivity contribution in [2.24, 2.45) is 5.92 Å². The average Bonchev–Trinajstić information content (AvgIpc) is 2.84. The van der Waals surface area contributed by atoms with Crippen molar-refractivity contribution in [1.29, 1.82) is 0 Å². The number of likely N-dealkylation sites (N-methyl/N-ethyl adjacent to an activating group) is 1. The maximum Gasteiger partial charge on any atom is 0.0224 e. The number of hydrogen-bond donors (Lipinski definition) is 0. The second-order valence-electron chi connectivity index (χ2n) is 4.13. The fourth-order valence-electron chi connectivity index (χ4n) is 1.52. The van der Waals surface area contributed by atoms with Crippen LogP contribution in [-0.2, 0) is 0 Å². The summed E-state index contributed by atoms with van der Waals surface area (Å²) in [5.41, 5.74) is 1.21. The maximum absolute atomic E-state index is 4.00. The van der Waals surface area contributed by atoms with Crippen molar-refractivity contribution in [3.05, 3.63) is 24.3 Å². The van der Waals surface area contributed by atoms with Gasteiger partial charge in [-0.3, -0.25) is 0 Å². The van der Waals surface area contributed by atoms with E-state index in [1.807, 2.05) is 6.92 Å². The van der Waals surface area contributed by atoms with Gasteiger partial charge in [-0.2, -0.15) is 0 Å². The Bertz CT molecular complexity index is 189. The quantitative estimate of drug-likeness (QED) is 0.567. The summed E-state index contributed by atoms with van der Waals surface area (Å²) in [7, 11) is 2.18. The summed E-state index contributed by atoms with van der Waals surface area (Å²) >= 11 is 0. The molecule has 1 rings (SSSR count). The van der Waals surface area contributed by atoms with Crippen molar-refractivity contribution in [2.75, 3.05) is 20.1 Å². The Labute approximate surface area is 82.1 Å². The molecule has 1 fully saturated rings. The fourth-order valence-corrected chi connectivity index (χ4v) is 1.52. The molecule has 0 heterocycles. The second-order valence-corrected chi connectivity index (χ2v) is 4.13. The van der Waals surface area contributed by atoms with Crippen LogP contribution in [-0.4, -0.2) is 25.0 Å². The zero-order chi connectivity index (χ0) is 9.68. The maximum atomic E-state index is 4.00. The van der Waals surface area contributed by atoms with Gasteiger partial charge in [0.1, 0.15) is 0 Å². The topological polar surface area (TPSA) is 3.24 Å². The van der Waals surface area contributed by atoms with E-state index < -0.39 is 0 Å². The van der Waals surface area contributed by atoms with Crippen LogP contribution in [0.15, 0.2) is 24.3 Å². The van der Waals surface area contributed by atoms with Crippen LogP contribution in [0.4, 0.5) is 0 Å². The molecule has 1 nitrogen and oxygen atoms in total. The Kier molecular flexibility index (Phi) is 4.23. The van der Waals surface area contributed by atoms with E-state index in [9.17, 15) is 0 Å². The van der Waals surface area contributed by atoms with E-state index in [0.717, 1.165) is 12.5 Å². The Balaban J connectivity index is 2.07. The van der Waals surface area contributed by atoms with Gasteiger partial charge >= 0.3 is 0 Å². The number of rotatable bonds is 6. The molecule has 13 heavy (non-hydrogen) atoms. The largest absolute Gasteiger partial charge is 0.302 e. The van der Waals surface area contributed by atoms with Crippen LogP contribution in [0, 0.1) is 5.92 Å². The highest BCUT2D eigenvalue weighted by Crippen LogP contribution is 2.32. The van der Waals surface area contributed by atoms with Gasteiger partial charge in [-0.15, -0.1) is 0 Å². The molecule has 0 amide bonds. The van der Waals surface area contributed by atoms with E-state index in [-0.39, 0.29) is 0 Å². The average molecular weight is 179 g/mol. The zero-order valence-electron chi connectivity index (χ0n) is 8.92. The summed E-state index contributed by atoms with van der Waals surface area (Å²) in [4.78, 5) is 2.36. The van der Waals surface area contributed by atoms with Gasteiger partial charge in [-0.1, -0.05) is 31.6 Å². The van der Waals surface area contributed by atoms with Crippen LogP contribution in [0.25, 0.3) is 0 Å². The van der Waals surface area contributed by atoms with Gasteiger partial charge in [0.25, 0.3) is 0 Å². The highest BCUT2D eigenvalue weighted by molar-refractivity contribution is 5.15. The van der Waals surface area contributed by atoms with Gasteiger partial charge in [-0.25, -0.2) is 0 Å². The van der Waals surface area contributed by atoms with Gasteiger partial charge in [0.2, 0.25) is 0 Å². The van der Waals surface area contributed by atoms with Gasteiger partial charge in [0.05, 0.1) is 0 Å². The standard InChI is InChI=1S/C12H21N/c1-4-5-11(2)10-13(3)9-8-12-6-7-12/h4-5,12H,2,6-10H2,1,3H3. The minimum Gasteiger partial charge on any atom is -0.302 e. The van der Waals surface area contributed by atoms with E-state index in [4.69, 9.17) is 0 Å². The summed E-state index contributed by atoms with van der Waals surface area (Å²) < 4.78 is 0. The Morgan fingerprint density at radius 1 is 1.54 bits per heavy atom. The first-order chi connectivity index (χ1) is 6.22. The molecule has 0 radical (unpaired) electrons. The predicted molar refractivity (Wildman–Crippen MR) is 58.8 cm³/mol. The molecule has 1 saturated carbocycles. The lowest BCUT2D eigenvalue weighted by molar-refractivity contribution is 0.350. The summed E-state index contributed by atoms with van der Waals surface area (Å²) in [5, 5.41) is 0. The SMILES string of the molecule is C=C(C=CC)CN(C)CCC1CC1. The van der Waals surface area contributed by atoms with Crippen LogP contribution in [0.2, 0.25) is 0 Å². The molecule has 1 heteroatoms. The lowest BCUT2D eigenvalue weighted by Crippen LogP contribution is -2.21. The first-order valence-electron chi connectivity index (χ1n) is 5.21. The molecule has 0 atom stereocenters. The third-order valence-corrected chi connectivity index (χ3v) is 2.49. The molecule has 0 aliphatic heterocycles. The third-order valence-electron chi connectivity index (χ3n) is 2.49. The van der Waals surface area contributed by atoms with Crippen LogP contribution in [0.1, 0.15) is 26.2 Å². The number of nitrogens with zero attached hydrogens (tertiary/aromatic N) is 1. The van der Waals surface area contributed by atoms with E-state index in [1.165, 1.54) is 31.4 Å². The van der Waals surface area contributed by atoms with Gasteiger partial charge in [0.15, 0.2) is 0 Å². The van der Waals surface area contributed by atoms with Gasteiger partial charge in [0, 0.05) is 6.54 Å². The highest BCUT2D eigenvalue weighted by Gasteiger charge is 2.20. The van der Waals surface area contributed by atoms with Crippen LogP contribution >= 0.6 is 0 Å². The first kappa shape index (κ1) is 10.5. The van der Waals surface area contributed by atoms with Crippen LogP contribution in [0.3, 0.4) is 0 Å². The summed E-state index contributed by atoms with van der Waals surface area (Å²) in [5.74, 6) is 1.04. The molecule has 0 bridgehead atoms. The Morgan fingerprint density at radius 3 is 2.77 bits per heavy atom. The van der Waals surface area contributed by atoms with E-state index in [1.54, 1.807) is 0 Å². The minimum absolute atomic E-state index is 1.01. The van der Waals surface area contributed by atoms with E-state index >= 15 is 0 Å². The molecule has 0 aromatic heterocycles. The van der Waals surface area contributed by atoms with Crippen molar-refractivity contribution < 1.29 is 0 Å². The first-order valence-corrected chi connectivity index (χ1v) is 5.21. The zero-order valence-corrected chi connectivity index (χ0v) is 8.92. The van der Waals surface area contributed by atoms with Gasteiger partial charge < -0.3 is 4.90 Å². The lowest BCUT2D eigenvalue weighted by atomic mass is 10.2. The van der Waals surface area contributed by atoms with Crippen molar-refractivity contribution in [3.8, 4) is 0 Å². The van der Waals surface area contributed by atoms with Crippen molar-refractivity contribution in [1.82, 2.24) is 4.90 Å². The van der Waals surface area contributed by atoms with Crippen molar-refractivity contribution in [2.45, 2.75) is 26.2 Å². The van der Waals surface area contributed by atoms with Crippen molar-refractivity contribution in [3.63, 3.8) is 0 Å². The summed E-state index contributed by atoms with van der Waals surface area (Å²) in [6.45, 7) is 8.27. The van der Waals surface area contributed by atoms with Crippen molar-refractivity contribution >= 4 is 0 Å². The molecule has 0 saturated heterocycles. The second kappa shape index (κ2) is 5.23. The van der Waals surface area contributed by atoms with Crippen LogP contribution < -0.4 is 0 Å². The predicted octanol–water partition coefficient (Wildman–Crippen LogP) is 2.85. The highest BCUT2D eigenvalue weighted by atomic mass is 15.1. The molecule has 0 unspecified atom stereocenters. The van der Waals surface area contributed by atoms with Crippen LogP contribution in [0.5, 0.6) is 0 Å². The van der Waals surface area contributed by atoms with E-state index in [2.05, 4.69) is 30.7 Å². The summed E-state index contributed by atoms with van der Waals surface area (Å²) in [6.07, 6.45) is 8.44. The van der Waals surface area contributed by atoms with Gasteiger partial charge in [-0.05, 0) is 38.4 Å². The molecule has 1 aliphatic rings. The lowest BCUT2D eigenvalue weighted by Gasteiger charge is -2.16. The summed E-state index contributed by atoms with van der Waals surface area (Å²) in [6, 6.07) is 0. The molecular formula is C12H21N. The number of hydrogen-bond acceptors (Lipinski definition) is 1. The number of allylic oxidation sites excluding steroid dienone is 1. The molecule has 0 spiro atoms. The van der Waals surface area contributed by atoms with E-state index in [0.29, 0.717) is 0 Å². The molecule has 0 N–H and O–H groups in total.